The molecule has 0 aromatic carbocycles. The molecule has 2 aromatic heterocycles. The molecule has 0 saturated heterocycles. The minimum absolute atomic E-state index is 0.0765. The molecule has 118 valence electrons. The Balaban J connectivity index is 1.88. The summed E-state index contributed by atoms with van der Waals surface area (Å²) in [6, 6.07) is 0. The maximum absolute atomic E-state index is 11.0. The van der Waals surface area contributed by atoms with Gasteiger partial charge in [-0.05, 0) is 30.6 Å². The van der Waals surface area contributed by atoms with Crippen molar-refractivity contribution in [3.05, 3.63) is 33.3 Å². The number of aromatic nitrogens is 3. The Morgan fingerprint density at radius 2 is 1.73 bits per heavy atom. The number of imidazole rings is 1. The quantitative estimate of drug-likeness (QED) is 0.662. The predicted octanol–water partition coefficient (Wildman–Crippen LogP) is 1.89. The molecule has 2 aromatic rings. The zero-order valence-corrected chi connectivity index (χ0v) is 12.3. The summed E-state index contributed by atoms with van der Waals surface area (Å²) in [6.07, 6.45) is 4.72. The molecule has 8 nitrogen and oxygen atoms in total. The first-order valence-electron chi connectivity index (χ1n) is 7.29. The normalized spacial score (nSPS) is 14.0. The molecule has 22 heavy (non-hydrogen) atoms. The molecule has 0 radical (unpaired) electrons. The van der Waals surface area contributed by atoms with Crippen LogP contribution in [0.2, 0.25) is 0 Å². The van der Waals surface area contributed by atoms with E-state index < -0.39 is 4.92 Å². The van der Waals surface area contributed by atoms with E-state index in [2.05, 4.69) is 4.98 Å². The van der Waals surface area contributed by atoms with Gasteiger partial charge in [-0.3, -0.25) is 4.57 Å². The van der Waals surface area contributed by atoms with Gasteiger partial charge in [0.25, 0.3) is 0 Å². The van der Waals surface area contributed by atoms with E-state index in [-0.39, 0.29) is 30.7 Å². The molecule has 0 spiro atoms. The summed E-state index contributed by atoms with van der Waals surface area (Å²) in [4.78, 5) is 14.4. The number of nitrogens with zero attached hydrogens (tertiary/aromatic N) is 4. The minimum Gasteiger partial charge on any atom is -0.494 e. The average molecular weight is 306 g/mol. The molecule has 2 heterocycles. The van der Waals surface area contributed by atoms with Gasteiger partial charge in [0.1, 0.15) is 12.7 Å². The first-order valence-corrected chi connectivity index (χ1v) is 7.29. The van der Waals surface area contributed by atoms with Crippen LogP contribution < -0.4 is 0 Å². The van der Waals surface area contributed by atoms with Crippen molar-refractivity contribution in [2.24, 2.45) is 0 Å². The first-order chi connectivity index (χ1) is 10.5. The summed E-state index contributed by atoms with van der Waals surface area (Å²) < 4.78 is 2.90. The fourth-order valence-electron chi connectivity index (χ4n) is 3.12. The van der Waals surface area contributed by atoms with Crippen molar-refractivity contribution in [3.8, 4) is 11.8 Å². The minimum atomic E-state index is -0.486. The van der Waals surface area contributed by atoms with Crippen molar-refractivity contribution < 1.29 is 15.1 Å². The van der Waals surface area contributed by atoms with E-state index in [4.69, 9.17) is 0 Å². The number of aryl methyl sites for hydroxylation is 1. The second kappa shape index (κ2) is 5.36. The van der Waals surface area contributed by atoms with E-state index in [1.54, 1.807) is 6.92 Å². The van der Waals surface area contributed by atoms with Gasteiger partial charge in [-0.15, -0.1) is 0 Å². The van der Waals surface area contributed by atoms with Gasteiger partial charge in [0, 0.05) is 18.1 Å². The third-order valence-electron chi connectivity index (χ3n) is 4.29. The molecule has 0 fully saturated rings. The molecule has 1 aliphatic rings. The number of aromatic hydroxyl groups is 2. The van der Waals surface area contributed by atoms with Crippen molar-refractivity contribution in [2.75, 3.05) is 0 Å². The molecule has 2 N–H and O–H groups in total. The molecule has 0 aliphatic heterocycles. The van der Waals surface area contributed by atoms with Gasteiger partial charge in [-0.2, -0.15) is 0 Å². The molecule has 0 unspecified atom stereocenters. The van der Waals surface area contributed by atoms with E-state index in [9.17, 15) is 20.3 Å². The van der Waals surface area contributed by atoms with Crippen LogP contribution in [0.15, 0.2) is 6.20 Å². The van der Waals surface area contributed by atoms with Crippen molar-refractivity contribution in [1.29, 1.82) is 0 Å². The summed E-state index contributed by atoms with van der Waals surface area (Å²) in [5.41, 5.74) is 1.61. The number of nitro groups is 1. The second-order valence-electron chi connectivity index (χ2n) is 5.54. The van der Waals surface area contributed by atoms with Crippen molar-refractivity contribution in [3.63, 3.8) is 0 Å². The fraction of sp³-hybridized carbons (Fsp3) is 0.500. The molecule has 8 heteroatoms. The Bertz CT molecular complexity index is 702. The lowest BCUT2D eigenvalue weighted by atomic mass is 9.95. The lowest BCUT2D eigenvalue weighted by Gasteiger charge is -2.09. The van der Waals surface area contributed by atoms with Gasteiger partial charge in [-0.1, -0.05) is 0 Å². The van der Waals surface area contributed by atoms with Crippen LogP contribution in [0, 0.1) is 17.0 Å². The largest absolute Gasteiger partial charge is 0.494 e. The summed E-state index contributed by atoms with van der Waals surface area (Å²) in [6.45, 7) is 2.20. The van der Waals surface area contributed by atoms with Crippen LogP contribution in [0.5, 0.6) is 11.8 Å². The highest BCUT2D eigenvalue weighted by atomic mass is 16.6. The molecular formula is C14H18N4O4. The van der Waals surface area contributed by atoms with Gasteiger partial charge >= 0.3 is 5.82 Å². The van der Waals surface area contributed by atoms with Crippen LogP contribution in [0.4, 0.5) is 5.82 Å². The molecule has 0 saturated carbocycles. The van der Waals surface area contributed by atoms with Crippen LogP contribution in [-0.2, 0) is 25.9 Å². The Hall–Kier alpha value is -2.51. The third-order valence-corrected chi connectivity index (χ3v) is 4.29. The van der Waals surface area contributed by atoms with Crippen LogP contribution in [0.1, 0.15) is 29.8 Å². The van der Waals surface area contributed by atoms with Crippen molar-refractivity contribution >= 4 is 5.82 Å². The number of hydrogen-bond acceptors (Lipinski definition) is 5. The molecule has 3 rings (SSSR count). The standard InChI is InChI=1S/C14H18N4O4/c1-9-15-8-12(18(21)22)16(9)6-7-17-13(19)10-4-2-3-5-11(10)14(17)20/h8,19-20H,2-7H2,1H3. The summed E-state index contributed by atoms with van der Waals surface area (Å²) in [5, 5.41) is 31.5. The van der Waals surface area contributed by atoms with Gasteiger partial charge in [0.15, 0.2) is 17.6 Å². The molecular weight excluding hydrogens is 288 g/mol. The van der Waals surface area contributed by atoms with Gasteiger partial charge < -0.3 is 20.3 Å². The molecule has 1 aliphatic carbocycles. The average Bonchev–Trinajstić information content (AvgIpc) is 2.98. The maximum atomic E-state index is 11.0. The van der Waals surface area contributed by atoms with E-state index in [1.807, 2.05) is 0 Å². The number of fused-ring (bicyclic) bond motifs is 1. The first kappa shape index (κ1) is 14.4. The van der Waals surface area contributed by atoms with E-state index in [1.165, 1.54) is 15.3 Å². The molecule has 0 atom stereocenters. The van der Waals surface area contributed by atoms with Crippen LogP contribution in [0.25, 0.3) is 0 Å². The highest BCUT2D eigenvalue weighted by molar-refractivity contribution is 5.46. The second-order valence-corrected chi connectivity index (χ2v) is 5.54. The SMILES string of the molecule is Cc1ncc([N+](=O)[O-])n1CCn1c(O)c2c(c1O)CCCC2. The highest BCUT2D eigenvalue weighted by Gasteiger charge is 2.25. The summed E-state index contributed by atoms with van der Waals surface area (Å²) in [7, 11) is 0. The van der Waals surface area contributed by atoms with Crippen LogP contribution in [0.3, 0.4) is 0 Å². The van der Waals surface area contributed by atoms with Crippen molar-refractivity contribution in [1.82, 2.24) is 14.1 Å². The molecule has 0 bridgehead atoms. The Labute approximate surface area is 126 Å². The fourth-order valence-corrected chi connectivity index (χ4v) is 3.12. The van der Waals surface area contributed by atoms with E-state index in [0.717, 1.165) is 36.8 Å². The zero-order chi connectivity index (χ0) is 15.9. The highest BCUT2D eigenvalue weighted by Crippen LogP contribution is 2.38. The Morgan fingerprint density at radius 3 is 2.27 bits per heavy atom. The topological polar surface area (TPSA) is 106 Å². The van der Waals surface area contributed by atoms with E-state index >= 15 is 0 Å². The van der Waals surface area contributed by atoms with Crippen LogP contribution >= 0.6 is 0 Å². The zero-order valence-electron chi connectivity index (χ0n) is 12.3. The Kier molecular flexibility index (Phi) is 3.51. The number of rotatable bonds is 4. The lowest BCUT2D eigenvalue weighted by Crippen LogP contribution is -2.10. The van der Waals surface area contributed by atoms with Gasteiger partial charge in [0.05, 0.1) is 6.54 Å². The maximum Gasteiger partial charge on any atom is 0.342 e. The van der Waals surface area contributed by atoms with Crippen molar-refractivity contribution in [2.45, 2.75) is 45.7 Å². The lowest BCUT2D eigenvalue weighted by molar-refractivity contribution is -0.392. The summed E-state index contributed by atoms with van der Waals surface area (Å²) in [5.74, 6) is 0.594. The number of hydrogen-bond donors (Lipinski definition) is 2. The molecule has 0 amide bonds. The third kappa shape index (κ3) is 2.20. The van der Waals surface area contributed by atoms with Crippen LogP contribution in [-0.4, -0.2) is 29.3 Å². The van der Waals surface area contributed by atoms with Gasteiger partial charge in [0.2, 0.25) is 0 Å². The summed E-state index contributed by atoms with van der Waals surface area (Å²) >= 11 is 0. The van der Waals surface area contributed by atoms with E-state index in [0.29, 0.717) is 5.82 Å². The monoisotopic (exact) mass is 306 g/mol. The smallest absolute Gasteiger partial charge is 0.342 e. The Morgan fingerprint density at radius 1 is 1.18 bits per heavy atom. The predicted molar refractivity (Wildman–Crippen MR) is 78.0 cm³/mol. The van der Waals surface area contributed by atoms with Gasteiger partial charge in [-0.25, -0.2) is 9.55 Å².